The summed E-state index contributed by atoms with van der Waals surface area (Å²) in [5.41, 5.74) is 3.47. The van der Waals surface area contributed by atoms with Gasteiger partial charge in [-0.05, 0) is 62.1 Å². The summed E-state index contributed by atoms with van der Waals surface area (Å²) in [4.78, 5) is 12.4. The average molecular weight is 272 g/mol. The summed E-state index contributed by atoms with van der Waals surface area (Å²) in [7, 11) is 0. The molecule has 0 spiro atoms. The fourth-order valence-electron chi connectivity index (χ4n) is 3.38. The lowest BCUT2D eigenvalue weighted by Gasteiger charge is -2.26. The maximum atomic E-state index is 12.4. The fourth-order valence-corrected chi connectivity index (χ4v) is 3.38. The van der Waals surface area contributed by atoms with E-state index in [1.807, 2.05) is 12.1 Å². The van der Waals surface area contributed by atoms with Gasteiger partial charge in [0.1, 0.15) is 0 Å². The normalized spacial score (nSPS) is 25.4. The highest BCUT2D eigenvalue weighted by atomic mass is 16.1. The van der Waals surface area contributed by atoms with Gasteiger partial charge in [0.05, 0.1) is 0 Å². The number of hydrogen-bond donors (Lipinski definition) is 2. The minimum atomic E-state index is 0.207. The Morgan fingerprint density at radius 3 is 2.85 bits per heavy atom. The molecule has 0 radical (unpaired) electrons. The van der Waals surface area contributed by atoms with Crippen molar-refractivity contribution in [2.24, 2.45) is 11.8 Å². The molecule has 0 bridgehead atoms. The second-order valence-electron chi connectivity index (χ2n) is 6.31. The van der Waals surface area contributed by atoms with Crippen molar-refractivity contribution in [1.82, 2.24) is 0 Å². The number of anilines is 2. The molecule has 0 atom stereocenters. The van der Waals surface area contributed by atoms with Crippen LogP contribution in [0, 0.1) is 11.8 Å². The number of carbonyl (C=O) groups is 1. The van der Waals surface area contributed by atoms with E-state index in [9.17, 15) is 4.79 Å². The molecule has 1 saturated carbocycles. The first-order chi connectivity index (χ1) is 9.74. The summed E-state index contributed by atoms with van der Waals surface area (Å²) < 4.78 is 0. The Kier molecular flexibility index (Phi) is 3.95. The predicted octanol–water partition coefficient (Wildman–Crippen LogP) is 3.81. The van der Waals surface area contributed by atoms with Crippen molar-refractivity contribution >= 4 is 17.3 Å². The monoisotopic (exact) mass is 272 g/mol. The number of nitrogens with one attached hydrogen (secondary N) is 2. The number of benzene rings is 1. The molecule has 1 amide bonds. The van der Waals surface area contributed by atoms with Crippen molar-refractivity contribution < 1.29 is 4.79 Å². The molecule has 1 aromatic rings. The van der Waals surface area contributed by atoms with Crippen LogP contribution in [0.2, 0.25) is 0 Å². The highest BCUT2D eigenvalue weighted by molar-refractivity contribution is 5.94. The van der Waals surface area contributed by atoms with Gasteiger partial charge in [-0.15, -0.1) is 0 Å². The van der Waals surface area contributed by atoms with E-state index in [4.69, 9.17) is 0 Å². The quantitative estimate of drug-likeness (QED) is 0.859. The van der Waals surface area contributed by atoms with E-state index < -0.39 is 0 Å². The Bertz CT molecular complexity index is 490. The third-order valence-corrected chi connectivity index (χ3v) is 4.74. The van der Waals surface area contributed by atoms with Gasteiger partial charge in [-0.3, -0.25) is 4.79 Å². The molecule has 0 saturated heterocycles. The van der Waals surface area contributed by atoms with Crippen LogP contribution in [0.5, 0.6) is 0 Å². The molecule has 2 N–H and O–H groups in total. The average Bonchev–Trinajstić information content (AvgIpc) is 2.48. The van der Waals surface area contributed by atoms with Crippen LogP contribution in [-0.2, 0) is 11.2 Å². The number of rotatable bonds is 2. The van der Waals surface area contributed by atoms with Crippen LogP contribution in [0.1, 0.15) is 44.6 Å². The summed E-state index contributed by atoms with van der Waals surface area (Å²) in [6, 6.07) is 6.16. The molecule has 1 aromatic carbocycles. The van der Waals surface area contributed by atoms with Crippen molar-refractivity contribution in [3.05, 3.63) is 23.8 Å². The molecule has 0 unspecified atom stereocenters. The van der Waals surface area contributed by atoms with Crippen LogP contribution in [0.3, 0.4) is 0 Å². The van der Waals surface area contributed by atoms with Crippen LogP contribution in [0.4, 0.5) is 11.4 Å². The largest absolute Gasteiger partial charge is 0.385 e. The second kappa shape index (κ2) is 5.86. The van der Waals surface area contributed by atoms with Gasteiger partial charge in [0.15, 0.2) is 0 Å². The highest BCUT2D eigenvalue weighted by Crippen LogP contribution is 2.32. The molecule has 2 aliphatic rings. The number of amides is 1. The van der Waals surface area contributed by atoms with E-state index >= 15 is 0 Å². The summed E-state index contributed by atoms with van der Waals surface area (Å²) >= 11 is 0. The van der Waals surface area contributed by atoms with Gasteiger partial charge < -0.3 is 10.6 Å². The fraction of sp³-hybridized carbons (Fsp3) is 0.588. The van der Waals surface area contributed by atoms with E-state index in [-0.39, 0.29) is 11.8 Å². The van der Waals surface area contributed by atoms with Gasteiger partial charge in [0, 0.05) is 23.8 Å². The second-order valence-corrected chi connectivity index (χ2v) is 6.31. The van der Waals surface area contributed by atoms with E-state index in [1.165, 1.54) is 24.1 Å². The molecule has 1 heterocycles. The van der Waals surface area contributed by atoms with Crippen molar-refractivity contribution in [1.29, 1.82) is 0 Å². The van der Waals surface area contributed by atoms with Gasteiger partial charge in [-0.25, -0.2) is 0 Å². The van der Waals surface area contributed by atoms with Crippen molar-refractivity contribution in [3.63, 3.8) is 0 Å². The summed E-state index contributed by atoms with van der Waals surface area (Å²) in [6.07, 6.45) is 6.65. The van der Waals surface area contributed by atoms with Crippen LogP contribution in [-0.4, -0.2) is 12.5 Å². The molecular formula is C17H24N2O. The van der Waals surface area contributed by atoms with E-state index in [0.29, 0.717) is 0 Å². The van der Waals surface area contributed by atoms with Gasteiger partial charge in [-0.1, -0.05) is 13.0 Å². The first-order valence-corrected chi connectivity index (χ1v) is 7.90. The summed E-state index contributed by atoms with van der Waals surface area (Å²) in [6.45, 7) is 3.32. The Hall–Kier alpha value is -1.51. The standard InChI is InChI=1S/C17H24N2O/c1-12-7-9-13(10-8-12)17(20)19-16-6-2-5-15-14(16)4-3-11-18-15/h2,5-6,12-13,18H,3-4,7-11H2,1H3,(H,19,20). The lowest BCUT2D eigenvalue weighted by atomic mass is 9.82. The third-order valence-electron chi connectivity index (χ3n) is 4.74. The van der Waals surface area contributed by atoms with Gasteiger partial charge in [0.2, 0.25) is 5.91 Å². The van der Waals surface area contributed by atoms with Gasteiger partial charge >= 0.3 is 0 Å². The molecule has 3 nitrogen and oxygen atoms in total. The Morgan fingerprint density at radius 1 is 1.25 bits per heavy atom. The van der Waals surface area contributed by atoms with E-state index in [2.05, 4.69) is 23.6 Å². The molecule has 20 heavy (non-hydrogen) atoms. The zero-order chi connectivity index (χ0) is 13.9. The maximum absolute atomic E-state index is 12.4. The first-order valence-electron chi connectivity index (χ1n) is 7.90. The van der Waals surface area contributed by atoms with Crippen molar-refractivity contribution in [2.75, 3.05) is 17.2 Å². The Labute approximate surface area is 121 Å². The molecular weight excluding hydrogens is 248 g/mol. The molecule has 3 heteroatoms. The van der Waals surface area contributed by atoms with Gasteiger partial charge in [-0.2, -0.15) is 0 Å². The summed E-state index contributed by atoms with van der Waals surface area (Å²) in [5.74, 6) is 1.21. The van der Waals surface area contributed by atoms with Crippen molar-refractivity contribution in [2.45, 2.75) is 45.4 Å². The minimum absolute atomic E-state index is 0.207. The Balaban J connectivity index is 1.70. The minimum Gasteiger partial charge on any atom is -0.385 e. The van der Waals surface area contributed by atoms with Crippen LogP contribution in [0.25, 0.3) is 0 Å². The molecule has 108 valence electrons. The SMILES string of the molecule is CC1CCC(C(=O)Nc2cccc3c2CCCN3)CC1. The molecule has 1 aliphatic heterocycles. The molecule has 1 fully saturated rings. The molecule has 1 aliphatic carbocycles. The lowest BCUT2D eigenvalue weighted by molar-refractivity contribution is -0.121. The first kappa shape index (κ1) is 13.5. The molecule has 0 aromatic heterocycles. The van der Waals surface area contributed by atoms with Gasteiger partial charge in [0.25, 0.3) is 0 Å². The number of fused-ring (bicyclic) bond motifs is 1. The number of carbonyl (C=O) groups excluding carboxylic acids is 1. The zero-order valence-electron chi connectivity index (χ0n) is 12.2. The number of hydrogen-bond acceptors (Lipinski definition) is 2. The topological polar surface area (TPSA) is 41.1 Å². The smallest absolute Gasteiger partial charge is 0.227 e. The predicted molar refractivity (Wildman–Crippen MR) is 83.0 cm³/mol. The van der Waals surface area contributed by atoms with E-state index in [1.54, 1.807) is 0 Å². The maximum Gasteiger partial charge on any atom is 0.227 e. The third kappa shape index (κ3) is 2.82. The highest BCUT2D eigenvalue weighted by Gasteiger charge is 2.25. The molecule has 3 rings (SSSR count). The van der Waals surface area contributed by atoms with Crippen molar-refractivity contribution in [3.8, 4) is 0 Å². The Morgan fingerprint density at radius 2 is 2.05 bits per heavy atom. The summed E-state index contributed by atoms with van der Waals surface area (Å²) in [5, 5.41) is 6.59. The lowest BCUT2D eigenvalue weighted by Crippen LogP contribution is -2.27. The van der Waals surface area contributed by atoms with Crippen LogP contribution >= 0.6 is 0 Å². The van der Waals surface area contributed by atoms with Crippen LogP contribution < -0.4 is 10.6 Å². The van der Waals surface area contributed by atoms with E-state index in [0.717, 1.165) is 43.8 Å². The zero-order valence-corrected chi connectivity index (χ0v) is 12.2. The van der Waals surface area contributed by atoms with Crippen LogP contribution in [0.15, 0.2) is 18.2 Å².